The molecule has 0 radical (unpaired) electrons. The minimum atomic E-state index is -0.446. The average Bonchev–Trinajstić information content (AvgIpc) is 3.29. The zero-order chi connectivity index (χ0) is 24.3. The number of nitrogens with two attached hydrogens (primary N) is 1. The summed E-state index contributed by atoms with van der Waals surface area (Å²) in [4.78, 5) is 16.1. The Hall–Kier alpha value is -2.33. The molecule has 184 valence electrons. The van der Waals surface area contributed by atoms with Crippen molar-refractivity contribution in [3.05, 3.63) is 59.8 Å². The van der Waals surface area contributed by atoms with Crippen molar-refractivity contribution in [3.63, 3.8) is 0 Å². The van der Waals surface area contributed by atoms with Crippen molar-refractivity contribution in [2.75, 3.05) is 45.1 Å². The van der Waals surface area contributed by atoms with Crippen LogP contribution in [0.3, 0.4) is 0 Å². The van der Waals surface area contributed by atoms with Crippen LogP contribution >= 0.6 is 23.5 Å². The van der Waals surface area contributed by atoms with Crippen LogP contribution in [0.15, 0.2) is 48.5 Å². The average molecular weight is 504 g/mol. The molecule has 1 aromatic heterocycles. The van der Waals surface area contributed by atoms with E-state index in [4.69, 9.17) is 19.9 Å². The number of anilines is 1. The highest BCUT2D eigenvalue weighted by atomic mass is 32.2. The van der Waals surface area contributed by atoms with E-state index in [1.54, 1.807) is 49.9 Å². The molecule has 7 nitrogen and oxygen atoms in total. The summed E-state index contributed by atoms with van der Waals surface area (Å²) in [7, 11) is 3.21. The molecule has 0 aliphatic carbocycles. The molecule has 1 unspecified atom stereocenters. The Morgan fingerprint density at radius 3 is 2.62 bits per heavy atom. The largest absolute Gasteiger partial charge is 0.493 e. The molecule has 1 heterocycles. The van der Waals surface area contributed by atoms with Gasteiger partial charge in [0.25, 0.3) is 5.91 Å². The maximum Gasteiger partial charge on any atom is 0.267 e. The summed E-state index contributed by atoms with van der Waals surface area (Å²) in [5.74, 6) is 2.32. The number of aromatic nitrogens is 1. The smallest absolute Gasteiger partial charge is 0.267 e. The Balaban J connectivity index is 1.64. The van der Waals surface area contributed by atoms with Gasteiger partial charge in [0, 0.05) is 38.0 Å². The second kappa shape index (κ2) is 13.5. The number of ether oxygens (including phenoxy) is 3. The minimum absolute atomic E-state index is 0.0881. The molecule has 3 aromatic rings. The number of nitrogens with one attached hydrogen (secondary N) is 2. The van der Waals surface area contributed by atoms with E-state index in [9.17, 15) is 4.79 Å². The molecule has 0 bridgehead atoms. The van der Waals surface area contributed by atoms with Crippen LogP contribution in [0.2, 0.25) is 0 Å². The highest BCUT2D eigenvalue weighted by molar-refractivity contribution is 7.99. The first-order valence-electron chi connectivity index (χ1n) is 11.1. The van der Waals surface area contributed by atoms with Crippen molar-refractivity contribution in [3.8, 4) is 5.75 Å². The highest BCUT2D eigenvalue weighted by Gasteiger charge is 2.23. The van der Waals surface area contributed by atoms with Crippen LogP contribution in [0.4, 0.5) is 5.69 Å². The fourth-order valence-corrected chi connectivity index (χ4v) is 5.13. The van der Waals surface area contributed by atoms with Crippen LogP contribution < -0.4 is 15.8 Å². The molecule has 3 rings (SSSR count). The Morgan fingerprint density at radius 2 is 1.91 bits per heavy atom. The lowest BCUT2D eigenvalue weighted by molar-refractivity contribution is -0.101. The summed E-state index contributed by atoms with van der Waals surface area (Å²) in [5.41, 5.74) is 9.13. The number of fused-ring (bicyclic) bond motifs is 1. The van der Waals surface area contributed by atoms with Gasteiger partial charge in [-0.3, -0.25) is 4.79 Å². The van der Waals surface area contributed by atoms with E-state index in [1.807, 2.05) is 24.3 Å². The third-order valence-electron chi connectivity index (χ3n) is 5.28. The van der Waals surface area contributed by atoms with Gasteiger partial charge in [0.2, 0.25) is 0 Å². The van der Waals surface area contributed by atoms with Gasteiger partial charge in [-0.05, 0) is 36.1 Å². The third kappa shape index (κ3) is 7.33. The number of carbonyl (C=O) groups excluding carboxylic acids is 1. The summed E-state index contributed by atoms with van der Waals surface area (Å²) in [6, 6.07) is 15.7. The maximum atomic E-state index is 12.9. The van der Waals surface area contributed by atoms with Crippen molar-refractivity contribution in [1.82, 2.24) is 10.3 Å². The van der Waals surface area contributed by atoms with Crippen molar-refractivity contribution in [1.29, 1.82) is 0 Å². The summed E-state index contributed by atoms with van der Waals surface area (Å²) in [5, 5.41) is 3.75. The molecular weight excluding hydrogens is 470 g/mol. The summed E-state index contributed by atoms with van der Waals surface area (Å²) in [6.45, 7) is 1.02. The monoisotopic (exact) mass is 503 g/mol. The lowest BCUT2D eigenvalue weighted by Gasteiger charge is -2.24. The maximum absolute atomic E-state index is 12.9. The first-order chi connectivity index (χ1) is 16.5. The van der Waals surface area contributed by atoms with E-state index < -0.39 is 6.29 Å². The van der Waals surface area contributed by atoms with Crippen LogP contribution in [0, 0.1) is 0 Å². The van der Waals surface area contributed by atoms with Crippen molar-refractivity contribution in [2.24, 2.45) is 0 Å². The lowest BCUT2D eigenvalue weighted by atomic mass is 10.2. The van der Waals surface area contributed by atoms with Gasteiger partial charge in [-0.1, -0.05) is 30.3 Å². The van der Waals surface area contributed by atoms with Crippen LogP contribution in [-0.4, -0.2) is 61.8 Å². The predicted octanol–water partition coefficient (Wildman–Crippen LogP) is 4.53. The Bertz CT molecular complexity index is 1040. The van der Waals surface area contributed by atoms with Gasteiger partial charge < -0.3 is 30.2 Å². The lowest BCUT2D eigenvalue weighted by Crippen LogP contribution is -2.39. The van der Waals surface area contributed by atoms with Crippen LogP contribution in [-0.2, 0) is 15.2 Å². The number of rotatable bonds is 14. The molecule has 0 saturated heterocycles. The van der Waals surface area contributed by atoms with Gasteiger partial charge in [0.15, 0.2) is 6.29 Å². The summed E-state index contributed by atoms with van der Waals surface area (Å²) < 4.78 is 16.8. The normalized spacial score (nSPS) is 12.2. The number of hydrogen-bond acceptors (Lipinski definition) is 7. The molecule has 9 heteroatoms. The quantitative estimate of drug-likeness (QED) is 0.169. The Morgan fingerprint density at radius 1 is 1.15 bits per heavy atom. The molecule has 0 aliphatic rings. The van der Waals surface area contributed by atoms with E-state index in [1.165, 1.54) is 5.56 Å². The molecule has 0 aliphatic heterocycles. The molecule has 4 N–H and O–H groups in total. The van der Waals surface area contributed by atoms with Gasteiger partial charge in [-0.15, -0.1) is 11.8 Å². The molecule has 2 aromatic carbocycles. The zero-order valence-electron chi connectivity index (χ0n) is 19.8. The Labute approximate surface area is 209 Å². The number of hydrogen-bond donors (Lipinski definition) is 3. The summed E-state index contributed by atoms with van der Waals surface area (Å²) in [6.07, 6.45) is 2.59. The number of H-pyrrole nitrogens is 1. The highest BCUT2D eigenvalue weighted by Crippen LogP contribution is 2.28. The fourth-order valence-electron chi connectivity index (χ4n) is 3.54. The number of nitrogen functional groups attached to an aromatic ring is 1. The molecule has 34 heavy (non-hydrogen) atoms. The SMILES string of the molecule is COC(OC)C(CNC(=O)c1cc2cc(OCCCSC)cc(N)c2[nH]1)SCc1ccccc1. The predicted molar refractivity (Wildman–Crippen MR) is 143 cm³/mol. The van der Waals surface area contributed by atoms with Crippen LogP contribution in [0.1, 0.15) is 22.5 Å². The number of amides is 1. The van der Waals surface area contributed by atoms with E-state index in [0.29, 0.717) is 30.3 Å². The molecule has 0 saturated carbocycles. The number of carbonyl (C=O) groups is 1. The molecule has 1 amide bonds. The molecule has 0 fully saturated rings. The van der Waals surface area contributed by atoms with E-state index in [0.717, 1.165) is 28.8 Å². The van der Waals surface area contributed by atoms with Gasteiger partial charge >= 0.3 is 0 Å². The minimum Gasteiger partial charge on any atom is -0.493 e. The van der Waals surface area contributed by atoms with Crippen LogP contribution in [0.5, 0.6) is 5.75 Å². The second-order valence-electron chi connectivity index (χ2n) is 7.74. The van der Waals surface area contributed by atoms with Gasteiger partial charge in [0.05, 0.1) is 23.1 Å². The number of aromatic amines is 1. The zero-order valence-corrected chi connectivity index (χ0v) is 21.5. The van der Waals surface area contributed by atoms with E-state index in [2.05, 4.69) is 28.7 Å². The van der Waals surface area contributed by atoms with Gasteiger partial charge in [0.1, 0.15) is 11.4 Å². The van der Waals surface area contributed by atoms with E-state index >= 15 is 0 Å². The standard InChI is InChI=1S/C25H33N3O4S2/c1-30-25(31-2)22(34-16-17-8-5-4-6-9-17)15-27-24(29)21-13-18-12-19(32-10-7-11-33-3)14-20(26)23(18)28-21/h4-6,8-9,12-14,22,25,28H,7,10-11,15-16,26H2,1-3H3,(H,27,29). The molecule has 0 spiro atoms. The van der Waals surface area contributed by atoms with Crippen LogP contribution in [0.25, 0.3) is 10.9 Å². The molecule has 1 atom stereocenters. The number of benzene rings is 2. The first-order valence-corrected chi connectivity index (χ1v) is 13.5. The number of methoxy groups -OCH3 is 2. The van der Waals surface area contributed by atoms with Gasteiger partial charge in [-0.2, -0.15) is 11.8 Å². The van der Waals surface area contributed by atoms with Crippen molar-refractivity contribution < 1.29 is 19.0 Å². The van der Waals surface area contributed by atoms with Crippen molar-refractivity contribution >= 4 is 46.0 Å². The third-order valence-corrected chi connectivity index (χ3v) is 7.29. The topological polar surface area (TPSA) is 98.6 Å². The second-order valence-corrected chi connectivity index (χ2v) is 9.95. The van der Waals surface area contributed by atoms with Crippen molar-refractivity contribution in [2.45, 2.75) is 23.7 Å². The van der Waals surface area contributed by atoms with E-state index in [-0.39, 0.29) is 11.2 Å². The van der Waals surface area contributed by atoms with Gasteiger partial charge in [-0.25, -0.2) is 0 Å². The number of thioether (sulfide) groups is 2. The molecular formula is C25H33N3O4S2. The fraction of sp³-hybridized carbons (Fsp3) is 0.400. The summed E-state index contributed by atoms with van der Waals surface area (Å²) >= 11 is 3.47. The first kappa shape index (κ1) is 26.3. The Kier molecular flexibility index (Phi) is 10.5.